The van der Waals surface area contributed by atoms with Gasteiger partial charge in [-0.2, -0.15) is 0 Å². The number of hydrogen-bond donors (Lipinski definition) is 2. The van der Waals surface area contributed by atoms with Gasteiger partial charge in [0.25, 0.3) is 5.91 Å². The first-order valence-corrected chi connectivity index (χ1v) is 9.72. The monoisotopic (exact) mass is 366 g/mol. The molecule has 6 heteroatoms. The first-order valence-electron chi connectivity index (χ1n) is 8.91. The van der Waals surface area contributed by atoms with E-state index in [9.17, 15) is 4.79 Å². The van der Waals surface area contributed by atoms with Crippen LogP contribution in [0.15, 0.2) is 48.8 Å². The van der Waals surface area contributed by atoms with Gasteiger partial charge < -0.3 is 15.2 Å². The van der Waals surface area contributed by atoms with E-state index in [1.807, 2.05) is 43.5 Å². The molecule has 1 aliphatic heterocycles. The normalized spacial score (nSPS) is 16.7. The fraction of sp³-hybridized carbons (Fsp3) is 0.300. The van der Waals surface area contributed by atoms with Gasteiger partial charge in [-0.1, -0.05) is 18.2 Å². The van der Waals surface area contributed by atoms with Gasteiger partial charge >= 0.3 is 0 Å². The van der Waals surface area contributed by atoms with Crippen LogP contribution in [0.2, 0.25) is 0 Å². The number of para-hydroxylation sites is 1. The molecule has 1 atom stereocenters. The van der Waals surface area contributed by atoms with E-state index in [2.05, 4.69) is 26.3 Å². The minimum absolute atomic E-state index is 0.0472. The molecule has 5 nitrogen and oxygen atoms in total. The van der Waals surface area contributed by atoms with Crippen molar-refractivity contribution in [2.24, 2.45) is 0 Å². The Kier molecular flexibility index (Phi) is 4.86. The average molecular weight is 366 g/mol. The number of imidazole rings is 1. The Labute approximate surface area is 157 Å². The molecule has 134 valence electrons. The molecule has 2 aromatic heterocycles. The molecule has 0 saturated carbocycles. The summed E-state index contributed by atoms with van der Waals surface area (Å²) < 4.78 is 2.07. The maximum atomic E-state index is 12.7. The number of carbonyl (C=O) groups is 1. The lowest BCUT2D eigenvalue weighted by molar-refractivity contribution is 0.103. The molecule has 3 heterocycles. The summed E-state index contributed by atoms with van der Waals surface area (Å²) in [5, 5.41) is 6.56. The quantitative estimate of drug-likeness (QED) is 0.718. The van der Waals surface area contributed by atoms with Gasteiger partial charge in [-0.3, -0.25) is 4.79 Å². The molecule has 1 aliphatic rings. The summed E-state index contributed by atoms with van der Waals surface area (Å²) in [6.07, 6.45) is 6.09. The molecule has 4 rings (SSSR count). The lowest BCUT2D eigenvalue weighted by Crippen LogP contribution is -2.13. The number of hydrogen-bond acceptors (Lipinski definition) is 4. The van der Waals surface area contributed by atoms with E-state index in [0.717, 1.165) is 34.9 Å². The molecule has 0 radical (unpaired) electrons. The predicted molar refractivity (Wildman–Crippen MR) is 105 cm³/mol. The van der Waals surface area contributed by atoms with Gasteiger partial charge in [-0.15, -0.1) is 11.3 Å². The molecule has 0 spiro atoms. The van der Waals surface area contributed by atoms with Crippen LogP contribution in [0.25, 0.3) is 0 Å². The first kappa shape index (κ1) is 17.0. The fourth-order valence-electron chi connectivity index (χ4n) is 3.31. The zero-order valence-corrected chi connectivity index (χ0v) is 15.6. The Bertz CT molecular complexity index is 908. The fourth-order valence-corrected chi connectivity index (χ4v) is 4.32. The van der Waals surface area contributed by atoms with Crippen molar-refractivity contribution >= 4 is 22.9 Å². The summed E-state index contributed by atoms with van der Waals surface area (Å²) in [6, 6.07) is 12.3. The van der Waals surface area contributed by atoms with Crippen molar-refractivity contribution in [2.45, 2.75) is 32.4 Å². The van der Waals surface area contributed by atoms with Crippen LogP contribution in [0.3, 0.4) is 0 Å². The second-order valence-corrected chi connectivity index (χ2v) is 7.68. The van der Waals surface area contributed by atoms with Gasteiger partial charge in [0.05, 0.1) is 11.4 Å². The van der Waals surface area contributed by atoms with Crippen LogP contribution >= 0.6 is 11.3 Å². The molecule has 0 unspecified atom stereocenters. The van der Waals surface area contributed by atoms with Gasteiger partial charge in [-0.05, 0) is 50.1 Å². The Balaban J connectivity index is 1.50. The molecule has 3 aromatic rings. The third kappa shape index (κ3) is 3.57. The SMILES string of the molecule is Cc1nccn1Cc1ccccc1NC(=O)c1ccc([C@H]2CCCN2)s1. The number of aromatic nitrogens is 2. The van der Waals surface area contributed by atoms with E-state index in [-0.39, 0.29) is 5.91 Å². The predicted octanol–water partition coefficient (Wildman–Crippen LogP) is 3.98. The molecule has 1 fully saturated rings. The highest BCUT2D eigenvalue weighted by molar-refractivity contribution is 7.14. The zero-order valence-electron chi connectivity index (χ0n) is 14.7. The maximum Gasteiger partial charge on any atom is 0.265 e. The number of benzene rings is 1. The zero-order chi connectivity index (χ0) is 17.9. The second kappa shape index (κ2) is 7.43. The van der Waals surface area contributed by atoms with Crippen LogP contribution in [-0.2, 0) is 6.54 Å². The third-order valence-electron chi connectivity index (χ3n) is 4.78. The Hall–Kier alpha value is -2.44. The van der Waals surface area contributed by atoms with Crippen molar-refractivity contribution in [3.8, 4) is 0 Å². The molecular formula is C20H22N4OS. The minimum Gasteiger partial charge on any atom is -0.331 e. The molecule has 1 amide bonds. The molecule has 26 heavy (non-hydrogen) atoms. The van der Waals surface area contributed by atoms with Crippen molar-refractivity contribution in [1.82, 2.24) is 14.9 Å². The van der Waals surface area contributed by atoms with Crippen molar-refractivity contribution in [1.29, 1.82) is 0 Å². The standard InChI is InChI=1S/C20H22N4OS/c1-14-21-11-12-24(14)13-15-5-2-3-6-16(15)23-20(25)19-9-8-18(26-19)17-7-4-10-22-17/h2-3,5-6,8-9,11-12,17,22H,4,7,10,13H2,1H3,(H,23,25)/t17-/m1/s1. The summed E-state index contributed by atoms with van der Waals surface area (Å²) in [5.74, 6) is 0.909. The van der Waals surface area contributed by atoms with Crippen molar-refractivity contribution < 1.29 is 4.79 Å². The molecule has 0 bridgehead atoms. The number of aryl methyl sites for hydroxylation is 1. The Morgan fingerprint density at radius 2 is 2.23 bits per heavy atom. The highest BCUT2D eigenvalue weighted by Crippen LogP contribution is 2.30. The highest BCUT2D eigenvalue weighted by Gasteiger charge is 2.20. The van der Waals surface area contributed by atoms with E-state index in [0.29, 0.717) is 12.6 Å². The van der Waals surface area contributed by atoms with Gasteiger partial charge in [0.2, 0.25) is 0 Å². The smallest absolute Gasteiger partial charge is 0.265 e. The largest absolute Gasteiger partial charge is 0.331 e. The lowest BCUT2D eigenvalue weighted by Gasteiger charge is -2.12. The van der Waals surface area contributed by atoms with E-state index in [4.69, 9.17) is 0 Å². The number of carbonyl (C=O) groups excluding carboxylic acids is 1. The number of nitrogens with one attached hydrogen (secondary N) is 2. The van der Waals surface area contributed by atoms with Crippen LogP contribution in [0.4, 0.5) is 5.69 Å². The highest BCUT2D eigenvalue weighted by atomic mass is 32.1. The van der Waals surface area contributed by atoms with Crippen LogP contribution < -0.4 is 10.6 Å². The summed E-state index contributed by atoms with van der Waals surface area (Å²) in [5.41, 5.74) is 1.91. The van der Waals surface area contributed by atoms with Gasteiger partial charge in [0.1, 0.15) is 5.82 Å². The van der Waals surface area contributed by atoms with Gasteiger partial charge in [0, 0.05) is 29.0 Å². The maximum absolute atomic E-state index is 12.7. The van der Waals surface area contributed by atoms with E-state index in [1.165, 1.54) is 11.3 Å². The number of amides is 1. The van der Waals surface area contributed by atoms with E-state index < -0.39 is 0 Å². The van der Waals surface area contributed by atoms with E-state index >= 15 is 0 Å². The van der Waals surface area contributed by atoms with E-state index in [1.54, 1.807) is 17.5 Å². The molecule has 1 aromatic carbocycles. The topological polar surface area (TPSA) is 59.0 Å². The molecule has 1 saturated heterocycles. The van der Waals surface area contributed by atoms with Gasteiger partial charge in [0.15, 0.2) is 0 Å². The number of nitrogens with zero attached hydrogens (tertiary/aromatic N) is 2. The summed E-state index contributed by atoms with van der Waals surface area (Å²) in [6.45, 7) is 3.72. The Morgan fingerprint density at radius 1 is 1.35 bits per heavy atom. The number of anilines is 1. The molecule has 0 aliphatic carbocycles. The van der Waals surface area contributed by atoms with Gasteiger partial charge in [-0.25, -0.2) is 4.98 Å². The van der Waals surface area contributed by atoms with Crippen LogP contribution in [0.1, 0.15) is 44.8 Å². The second-order valence-electron chi connectivity index (χ2n) is 6.56. The molecule has 2 N–H and O–H groups in total. The molecular weight excluding hydrogens is 344 g/mol. The van der Waals surface area contributed by atoms with Crippen LogP contribution in [-0.4, -0.2) is 22.0 Å². The third-order valence-corrected chi connectivity index (χ3v) is 5.98. The number of rotatable bonds is 5. The Morgan fingerprint density at radius 3 is 3.00 bits per heavy atom. The summed E-state index contributed by atoms with van der Waals surface area (Å²) in [7, 11) is 0. The summed E-state index contributed by atoms with van der Waals surface area (Å²) in [4.78, 5) is 19.0. The average Bonchev–Trinajstić information content (AvgIpc) is 3.38. The first-order chi connectivity index (χ1) is 12.7. The van der Waals surface area contributed by atoms with Crippen molar-refractivity contribution in [3.05, 3.63) is 69.9 Å². The van der Waals surface area contributed by atoms with Crippen LogP contribution in [0.5, 0.6) is 0 Å². The van der Waals surface area contributed by atoms with Crippen LogP contribution in [0, 0.1) is 6.92 Å². The van der Waals surface area contributed by atoms with Crippen molar-refractivity contribution in [2.75, 3.05) is 11.9 Å². The lowest BCUT2D eigenvalue weighted by atomic mass is 10.1. The summed E-state index contributed by atoms with van der Waals surface area (Å²) >= 11 is 1.58. The number of thiophene rings is 1. The van der Waals surface area contributed by atoms with Crippen molar-refractivity contribution in [3.63, 3.8) is 0 Å². The minimum atomic E-state index is -0.0472.